The third-order valence-electron chi connectivity index (χ3n) is 4.27. The van der Waals surface area contributed by atoms with Gasteiger partial charge in [0.1, 0.15) is 5.01 Å². The van der Waals surface area contributed by atoms with E-state index in [4.69, 9.17) is 0 Å². The summed E-state index contributed by atoms with van der Waals surface area (Å²) in [6.07, 6.45) is 0. The molecule has 0 spiro atoms. The van der Waals surface area contributed by atoms with Gasteiger partial charge in [-0.15, -0.1) is 11.3 Å². The number of anilines is 1. The Morgan fingerprint density at radius 3 is 2.13 bits per heavy atom. The predicted octanol–water partition coefficient (Wildman–Crippen LogP) is 5.03. The molecule has 3 aromatic carbocycles. The van der Waals surface area contributed by atoms with Crippen molar-refractivity contribution in [1.82, 2.24) is 4.98 Å². The summed E-state index contributed by atoms with van der Waals surface area (Å²) in [6.45, 7) is 0. The number of nitrogens with zero attached hydrogens (tertiary/aromatic N) is 3. The fourth-order valence-electron chi connectivity index (χ4n) is 2.83. The van der Waals surface area contributed by atoms with Gasteiger partial charge in [0.15, 0.2) is 0 Å². The minimum absolute atomic E-state index is 0.175. The third-order valence-corrected chi connectivity index (χ3v) is 5.36. The summed E-state index contributed by atoms with van der Waals surface area (Å²) in [4.78, 5) is 37.5. The Morgan fingerprint density at radius 1 is 0.900 bits per heavy atom. The van der Waals surface area contributed by atoms with Crippen molar-refractivity contribution in [3.05, 3.63) is 92.5 Å². The van der Waals surface area contributed by atoms with Crippen LogP contribution < -0.4 is 5.32 Å². The zero-order valence-electron chi connectivity index (χ0n) is 15.1. The average molecular weight is 420 g/mol. The first-order chi connectivity index (χ1) is 14.4. The molecule has 0 saturated carbocycles. The predicted molar refractivity (Wildman–Crippen MR) is 113 cm³/mol. The van der Waals surface area contributed by atoms with E-state index < -0.39 is 27.1 Å². The van der Waals surface area contributed by atoms with Gasteiger partial charge in [-0.05, 0) is 36.4 Å². The number of hydrogen-bond acceptors (Lipinski definition) is 7. The van der Waals surface area contributed by atoms with Crippen LogP contribution in [-0.4, -0.2) is 20.7 Å². The number of fused-ring (bicyclic) bond motifs is 1. The number of benzene rings is 3. The molecule has 0 radical (unpaired) electrons. The maximum absolute atomic E-state index is 12.5. The zero-order valence-corrected chi connectivity index (χ0v) is 16.0. The first-order valence-corrected chi connectivity index (χ1v) is 9.43. The second-order valence-electron chi connectivity index (χ2n) is 6.27. The van der Waals surface area contributed by atoms with E-state index in [0.717, 1.165) is 39.0 Å². The molecule has 10 heteroatoms. The van der Waals surface area contributed by atoms with Crippen molar-refractivity contribution < 1.29 is 14.6 Å². The van der Waals surface area contributed by atoms with E-state index in [1.54, 1.807) is 35.6 Å². The summed E-state index contributed by atoms with van der Waals surface area (Å²) in [5.74, 6) is -0.686. The number of hydrogen-bond donors (Lipinski definition) is 1. The maximum Gasteiger partial charge on any atom is 0.277 e. The molecule has 0 aliphatic carbocycles. The van der Waals surface area contributed by atoms with Gasteiger partial charge >= 0.3 is 0 Å². The van der Waals surface area contributed by atoms with Crippen molar-refractivity contribution in [2.45, 2.75) is 0 Å². The number of nitro benzene ring substituents is 2. The third kappa shape index (κ3) is 3.84. The average Bonchev–Trinajstić information content (AvgIpc) is 3.18. The highest BCUT2D eigenvalue weighted by atomic mass is 32.1. The minimum atomic E-state index is -0.781. The molecule has 1 amide bonds. The number of nitrogens with one attached hydrogen (secondary N) is 1. The van der Waals surface area contributed by atoms with E-state index in [0.29, 0.717) is 5.69 Å². The molecule has 1 heterocycles. The van der Waals surface area contributed by atoms with Crippen molar-refractivity contribution in [2.24, 2.45) is 0 Å². The normalized spacial score (nSPS) is 10.7. The Labute approximate surface area is 172 Å². The lowest BCUT2D eigenvalue weighted by Crippen LogP contribution is -2.12. The highest BCUT2D eigenvalue weighted by Crippen LogP contribution is 2.30. The Kier molecular flexibility index (Phi) is 4.90. The molecular weight excluding hydrogens is 408 g/mol. The lowest BCUT2D eigenvalue weighted by Gasteiger charge is -2.06. The van der Waals surface area contributed by atoms with Gasteiger partial charge in [0.05, 0.1) is 31.7 Å². The summed E-state index contributed by atoms with van der Waals surface area (Å²) in [6, 6.07) is 17.5. The molecule has 0 aliphatic heterocycles. The van der Waals surface area contributed by atoms with Crippen LogP contribution >= 0.6 is 11.3 Å². The molecule has 4 rings (SSSR count). The zero-order chi connectivity index (χ0) is 21.3. The fraction of sp³-hybridized carbons (Fsp3) is 0. The highest BCUT2D eigenvalue weighted by molar-refractivity contribution is 7.21. The van der Waals surface area contributed by atoms with E-state index in [2.05, 4.69) is 10.3 Å². The minimum Gasteiger partial charge on any atom is -0.322 e. The van der Waals surface area contributed by atoms with Crippen LogP contribution in [0.5, 0.6) is 0 Å². The van der Waals surface area contributed by atoms with Gasteiger partial charge in [0.25, 0.3) is 17.3 Å². The van der Waals surface area contributed by atoms with Crippen LogP contribution in [0.4, 0.5) is 17.1 Å². The maximum atomic E-state index is 12.5. The van der Waals surface area contributed by atoms with Gasteiger partial charge in [-0.1, -0.05) is 12.1 Å². The van der Waals surface area contributed by atoms with Crippen LogP contribution in [0.25, 0.3) is 20.8 Å². The monoisotopic (exact) mass is 420 g/mol. The summed E-state index contributed by atoms with van der Waals surface area (Å²) in [5, 5.41) is 25.4. The molecule has 0 bridgehead atoms. The lowest BCUT2D eigenvalue weighted by atomic mass is 10.1. The number of carbonyl (C=O) groups excluding carboxylic acids is 1. The second-order valence-corrected chi connectivity index (χ2v) is 7.30. The molecule has 0 unspecified atom stereocenters. The Bertz CT molecular complexity index is 1240. The lowest BCUT2D eigenvalue weighted by molar-refractivity contribution is -0.394. The van der Waals surface area contributed by atoms with E-state index in [1.165, 1.54) is 0 Å². The number of thiazole rings is 1. The number of carbonyl (C=O) groups is 1. The highest BCUT2D eigenvalue weighted by Gasteiger charge is 2.20. The molecule has 0 saturated heterocycles. The van der Waals surface area contributed by atoms with Crippen molar-refractivity contribution in [1.29, 1.82) is 0 Å². The summed E-state index contributed by atoms with van der Waals surface area (Å²) in [5.41, 5.74) is 0.994. The molecule has 0 fully saturated rings. The van der Waals surface area contributed by atoms with Crippen molar-refractivity contribution in [3.63, 3.8) is 0 Å². The topological polar surface area (TPSA) is 128 Å². The molecule has 1 N–H and O–H groups in total. The molecule has 148 valence electrons. The molecular formula is C20H12N4O5S. The summed E-state index contributed by atoms with van der Waals surface area (Å²) < 4.78 is 1.07. The fourth-order valence-corrected chi connectivity index (χ4v) is 3.80. The molecule has 0 aliphatic rings. The van der Waals surface area contributed by atoms with Gasteiger partial charge in [-0.3, -0.25) is 25.0 Å². The first-order valence-electron chi connectivity index (χ1n) is 8.62. The number of para-hydroxylation sites is 1. The number of nitro groups is 2. The smallest absolute Gasteiger partial charge is 0.277 e. The Balaban J connectivity index is 1.56. The summed E-state index contributed by atoms with van der Waals surface area (Å²) in [7, 11) is 0. The van der Waals surface area contributed by atoms with E-state index in [-0.39, 0.29) is 5.56 Å². The molecule has 0 atom stereocenters. The van der Waals surface area contributed by atoms with Crippen LogP contribution in [0, 0.1) is 20.2 Å². The Hall–Kier alpha value is -4.18. The van der Waals surface area contributed by atoms with E-state index in [9.17, 15) is 25.0 Å². The van der Waals surface area contributed by atoms with E-state index in [1.807, 2.05) is 24.3 Å². The van der Waals surface area contributed by atoms with Crippen molar-refractivity contribution in [2.75, 3.05) is 5.32 Å². The van der Waals surface area contributed by atoms with Crippen LogP contribution in [0.2, 0.25) is 0 Å². The van der Waals surface area contributed by atoms with Crippen molar-refractivity contribution in [3.8, 4) is 10.6 Å². The van der Waals surface area contributed by atoms with Crippen LogP contribution in [0.3, 0.4) is 0 Å². The summed E-state index contributed by atoms with van der Waals surface area (Å²) >= 11 is 1.55. The number of non-ortho nitro benzene ring substituents is 2. The molecule has 4 aromatic rings. The largest absolute Gasteiger partial charge is 0.322 e. The standard InChI is InChI=1S/C20H12N4O5S/c25-19(13-9-15(23(26)27)11-16(10-13)24(28)29)21-14-7-5-12(6-8-14)20-22-17-3-1-2-4-18(17)30-20/h1-11H,(H,21,25). The molecule has 30 heavy (non-hydrogen) atoms. The van der Waals surface area contributed by atoms with Gasteiger partial charge < -0.3 is 5.32 Å². The quantitative estimate of drug-likeness (QED) is 0.356. The first kappa shape index (κ1) is 19.2. The molecule has 1 aromatic heterocycles. The van der Waals surface area contributed by atoms with Crippen LogP contribution in [0.1, 0.15) is 10.4 Å². The second kappa shape index (κ2) is 7.68. The van der Waals surface area contributed by atoms with Crippen LogP contribution in [-0.2, 0) is 0 Å². The number of rotatable bonds is 5. The number of aromatic nitrogens is 1. The van der Waals surface area contributed by atoms with Gasteiger partial charge in [-0.25, -0.2) is 4.98 Å². The molecule has 9 nitrogen and oxygen atoms in total. The van der Waals surface area contributed by atoms with Crippen LogP contribution in [0.15, 0.2) is 66.7 Å². The van der Waals surface area contributed by atoms with Gasteiger partial charge in [0.2, 0.25) is 0 Å². The van der Waals surface area contributed by atoms with E-state index >= 15 is 0 Å². The van der Waals surface area contributed by atoms with Gasteiger partial charge in [-0.2, -0.15) is 0 Å². The SMILES string of the molecule is O=C(Nc1ccc(-c2nc3ccccc3s2)cc1)c1cc([N+](=O)[O-])cc([N+](=O)[O-])c1. The van der Waals surface area contributed by atoms with Gasteiger partial charge in [0, 0.05) is 23.4 Å². The Morgan fingerprint density at radius 2 is 1.53 bits per heavy atom. The number of amides is 1. The van der Waals surface area contributed by atoms with Crippen molar-refractivity contribution >= 4 is 44.5 Å².